The highest BCUT2D eigenvalue weighted by Crippen LogP contribution is 2.29. The van der Waals surface area contributed by atoms with E-state index in [0.29, 0.717) is 29.9 Å². The Morgan fingerprint density at radius 2 is 2.14 bits per heavy atom. The van der Waals surface area contributed by atoms with Crippen molar-refractivity contribution in [3.8, 4) is 0 Å². The van der Waals surface area contributed by atoms with Crippen molar-refractivity contribution in [2.45, 2.75) is 58.4 Å². The van der Waals surface area contributed by atoms with Gasteiger partial charge < -0.3 is 15.5 Å². The number of nitrogens with two attached hydrogens (primary N) is 1. The highest BCUT2D eigenvalue weighted by atomic mass is 35.5. The molecule has 1 amide bonds. The molecule has 0 radical (unpaired) electrons. The number of carbonyl (C=O) groups is 2. The van der Waals surface area contributed by atoms with Crippen LogP contribution in [0.5, 0.6) is 0 Å². The van der Waals surface area contributed by atoms with E-state index in [2.05, 4.69) is 12.2 Å². The van der Waals surface area contributed by atoms with Gasteiger partial charge in [0.1, 0.15) is 5.76 Å². The molecule has 2 rings (SSSR count). The van der Waals surface area contributed by atoms with Crippen LogP contribution in [0.4, 0.5) is 0 Å². The van der Waals surface area contributed by atoms with Crippen LogP contribution in [0.25, 0.3) is 0 Å². The first kappa shape index (κ1) is 18.7. The first-order chi connectivity index (χ1) is 10.1. The van der Waals surface area contributed by atoms with Crippen LogP contribution in [-0.4, -0.2) is 24.3 Å². The lowest BCUT2D eigenvalue weighted by atomic mass is 9.94. The zero-order valence-electron chi connectivity index (χ0n) is 13.2. The monoisotopic (exact) mass is 328 g/mol. The molecule has 0 aliphatic heterocycles. The zero-order chi connectivity index (χ0) is 15.4. The van der Waals surface area contributed by atoms with E-state index in [-0.39, 0.29) is 35.9 Å². The molecule has 0 spiro atoms. The minimum absolute atomic E-state index is 0. The summed E-state index contributed by atoms with van der Waals surface area (Å²) in [5.41, 5.74) is 6.98. The van der Waals surface area contributed by atoms with E-state index in [1.165, 1.54) is 0 Å². The lowest BCUT2D eigenvalue weighted by molar-refractivity contribution is 0.0902. The van der Waals surface area contributed by atoms with Crippen molar-refractivity contribution >= 4 is 24.1 Å². The first-order valence-electron chi connectivity index (χ1n) is 7.74. The molecule has 1 aliphatic carbocycles. The Hall–Kier alpha value is -1.33. The molecule has 0 saturated carbocycles. The summed E-state index contributed by atoms with van der Waals surface area (Å²) in [5, 5.41) is 2.91. The maximum atomic E-state index is 12.4. The second kappa shape index (κ2) is 8.34. The average molecular weight is 329 g/mol. The second-order valence-electron chi connectivity index (χ2n) is 5.68. The summed E-state index contributed by atoms with van der Waals surface area (Å²) in [4.78, 5) is 24.3. The van der Waals surface area contributed by atoms with Crippen LogP contribution in [0.15, 0.2) is 4.42 Å². The summed E-state index contributed by atoms with van der Waals surface area (Å²) in [6.45, 7) is 4.29. The molecular weight excluding hydrogens is 304 g/mol. The third kappa shape index (κ3) is 3.90. The molecule has 6 heteroatoms. The summed E-state index contributed by atoms with van der Waals surface area (Å²) in [6.07, 6.45) is 5.00. The number of unbranched alkanes of at least 4 members (excludes halogenated alkanes) is 1. The van der Waals surface area contributed by atoms with Crippen molar-refractivity contribution in [2.24, 2.45) is 5.73 Å². The maximum Gasteiger partial charge on any atom is 0.287 e. The van der Waals surface area contributed by atoms with Crippen molar-refractivity contribution in [3.05, 3.63) is 22.6 Å². The van der Waals surface area contributed by atoms with Crippen molar-refractivity contribution < 1.29 is 14.0 Å². The van der Waals surface area contributed by atoms with E-state index < -0.39 is 0 Å². The minimum atomic E-state index is -0.263. The molecule has 3 N–H and O–H groups in total. The molecule has 0 aromatic carbocycles. The van der Waals surface area contributed by atoms with E-state index in [4.69, 9.17) is 10.2 Å². The SMILES string of the molecule is CCCCC(CN)NC(=O)c1oc2c(c1C)C(=O)CCC2.Cl. The molecular formula is C16H25ClN2O3. The number of rotatable bonds is 6. The van der Waals surface area contributed by atoms with E-state index >= 15 is 0 Å². The molecule has 124 valence electrons. The Labute approximate surface area is 137 Å². The summed E-state index contributed by atoms with van der Waals surface area (Å²) in [6, 6.07) is -0.0466. The van der Waals surface area contributed by atoms with Gasteiger partial charge in [0.2, 0.25) is 0 Å². The number of amides is 1. The smallest absolute Gasteiger partial charge is 0.287 e. The highest BCUT2D eigenvalue weighted by molar-refractivity contribution is 6.03. The number of Topliss-reactive ketones (excluding diaryl/α,β-unsaturated/α-hetero) is 1. The predicted octanol–water partition coefficient (Wildman–Crippen LogP) is 2.78. The Morgan fingerprint density at radius 1 is 1.41 bits per heavy atom. The van der Waals surface area contributed by atoms with Crippen LogP contribution in [-0.2, 0) is 6.42 Å². The zero-order valence-corrected chi connectivity index (χ0v) is 14.1. The topological polar surface area (TPSA) is 85.3 Å². The molecule has 1 aromatic rings. The van der Waals surface area contributed by atoms with Gasteiger partial charge >= 0.3 is 0 Å². The third-order valence-electron chi connectivity index (χ3n) is 4.04. The van der Waals surface area contributed by atoms with Crippen molar-refractivity contribution in [1.82, 2.24) is 5.32 Å². The van der Waals surface area contributed by atoms with Gasteiger partial charge in [-0.1, -0.05) is 19.8 Å². The third-order valence-corrected chi connectivity index (χ3v) is 4.04. The number of carbonyl (C=O) groups excluding carboxylic acids is 2. The van der Waals surface area contributed by atoms with Gasteiger partial charge in [0, 0.05) is 31.0 Å². The largest absolute Gasteiger partial charge is 0.455 e. The highest BCUT2D eigenvalue weighted by Gasteiger charge is 2.29. The molecule has 22 heavy (non-hydrogen) atoms. The van der Waals surface area contributed by atoms with E-state index in [1.807, 2.05) is 0 Å². The lowest BCUT2D eigenvalue weighted by Crippen LogP contribution is -2.40. The lowest BCUT2D eigenvalue weighted by Gasteiger charge is -2.15. The first-order valence-corrected chi connectivity index (χ1v) is 7.74. The fourth-order valence-corrected chi connectivity index (χ4v) is 2.82. The molecule has 0 saturated heterocycles. The number of furan rings is 1. The number of halogens is 1. The molecule has 0 bridgehead atoms. The predicted molar refractivity (Wildman–Crippen MR) is 87.8 cm³/mol. The van der Waals surface area contributed by atoms with Gasteiger partial charge in [-0.15, -0.1) is 12.4 Å². The van der Waals surface area contributed by atoms with Gasteiger partial charge in [-0.25, -0.2) is 0 Å². The summed E-state index contributed by atoms with van der Waals surface area (Å²) in [7, 11) is 0. The quantitative estimate of drug-likeness (QED) is 0.840. The molecule has 1 aromatic heterocycles. The van der Waals surface area contributed by atoms with E-state index in [9.17, 15) is 9.59 Å². The molecule has 1 heterocycles. The van der Waals surface area contributed by atoms with Gasteiger partial charge in [0.15, 0.2) is 11.5 Å². The fraction of sp³-hybridized carbons (Fsp3) is 0.625. The van der Waals surface area contributed by atoms with Gasteiger partial charge in [0.25, 0.3) is 5.91 Å². The van der Waals surface area contributed by atoms with Crippen LogP contribution >= 0.6 is 12.4 Å². The molecule has 5 nitrogen and oxygen atoms in total. The normalized spacial score (nSPS) is 15.0. The van der Waals surface area contributed by atoms with Crippen LogP contribution in [0.2, 0.25) is 0 Å². The van der Waals surface area contributed by atoms with Crippen molar-refractivity contribution in [1.29, 1.82) is 0 Å². The van der Waals surface area contributed by atoms with E-state index in [1.54, 1.807) is 6.92 Å². The van der Waals surface area contributed by atoms with Crippen molar-refractivity contribution in [3.63, 3.8) is 0 Å². The van der Waals surface area contributed by atoms with Crippen LogP contribution in [0.3, 0.4) is 0 Å². The number of hydrogen-bond acceptors (Lipinski definition) is 4. The standard InChI is InChI=1S/C16H24N2O3.ClH/c1-3-4-6-11(9-17)18-16(20)15-10(2)14-12(19)7-5-8-13(14)21-15;/h11H,3-9,17H2,1-2H3,(H,18,20);1H. The van der Waals surface area contributed by atoms with Gasteiger partial charge in [-0.3, -0.25) is 9.59 Å². The molecule has 1 unspecified atom stereocenters. The maximum absolute atomic E-state index is 12.4. The van der Waals surface area contributed by atoms with Crippen LogP contribution in [0.1, 0.15) is 71.3 Å². The Bertz CT molecular complexity index is 540. The van der Waals surface area contributed by atoms with Crippen LogP contribution in [0, 0.1) is 6.92 Å². The van der Waals surface area contributed by atoms with Gasteiger partial charge in [-0.05, 0) is 19.8 Å². The number of fused-ring (bicyclic) bond motifs is 1. The molecule has 0 fully saturated rings. The number of nitrogens with one attached hydrogen (secondary N) is 1. The second-order valence-corrected chi connectivity index (χ2v) is 5.68. The molecule has 1 atom stereocenters. The summed E-state index contributed by atoms with van der Waals surface area (Å²) in [5.74, 6) is 0.746. The van der Waals surface area contributed by atoms with E-state index in [0.717, 1.165) is 32.1 Å². The number of hydrogen-bond donors (Lipinski definition) is 2. The molecule has 1 aliphatic rings. The van der Waals surface area contributed by atoms with Crippen molar-refractivity contribution in [2.75, 3.05) is 6.54 Å². The average Bonchev–Trinajstić information content (AvgIpc) is 2.82. The Kier molecular flexibility index (Phi) is 7.10. The van der Waals surface area contributed by atoms with Crippen LogP contribution < -0.4 is 11.1 Å². The summed E-state index contributed by atoms with van der Waals surface area (Å²) < 4.78 is 5.65. The fourth-order valence-electron chi connectivity index (χ4n) is 2.82. The summed E-state index contributed by atoms with van der Waals surface area (Å²) >= 11 is 0. The minimum Gasteiger partial charge on any atom is -0.455 e. The van der Waals surface area contributed by atoms with Gasteiger partial charge in [0.05, 0.1) is 5.56 Å². The van der Waals surface area contributed by atoms with Gasteiger partial charge in [-0.2, -0.15) is 0 Å². The number of aryl methyl sites for hydroxylation is 1. The Balaban J connectivity index is 0.00000242. The Morgan fingerprint density at radius 3 is 2.73 bits per heavy atom. The number of ketones is 1.